The topological polar surface area (TPSA) is 43.1 Å². The molecule has 0 aliphatic rings. The maximum absolute atomic E-state index is 13.6. The molecule has 1 atom stereocenters. The molecule has 2 nitrogen and oxygen atoms in total. The number of aryl methyl sites for hydroxylation is 1. The molecule has 0 bridgehead atoms. The monoisotopic (exact) mass is 241 g/mol. The minimum absolute atomic E-state index is 0.121. The van der Waals surface area contributed by atoms with Gasteiger partial charge in [0.25, 0.3) is 0 Å². The Balaban J connectivity index is 2.86. The lowest BCUT2D eigenvalue weighted by Crippen LogP contribution is -2.14. The number of hydrogen-bond donors (Lipinski definition) is 1. The van der Waals surface area contributed by atoms with Crippen molar-refractivity contribution >= 4 is 5.78 Å². The normalized spacial score (nSPS) is 12.5. The molecule has 0 heterocycles. The highest BCUT2D eigenvalue weighted by Gasteiger charge is 2.19. The first-order valence-electron chi connectivity index (χ1n) is 5.65. The van der Waals surface area contributed by atoms with Crippen molar-refractivity contribution in [3.63, 3.8) is 0 Å². The van der Waals surface area contributed by atoms with Gasteiger partial charge in [-0.05, 0) is 37.4 Å². The van der Waals surface area contributed by atoms with Crippen LogP contribution in [0.15, 0.2) is 12.1 Å². The van der Waals surface area contributed by atoms with E-state index >= 15 is 0 Å². The van der Waals surface area contributed by atoms with Gasteiger partial charge in [-0.3, -0.25) is 4.79 Å². The van der Waals surface area contributed by atoms with Crippen molar-refractivity contribution in [3.8, 4) is 0 Å². The summed E-state index contributed by atoms with van der Waals surface area (Å²) in [5, 5.41) is 0. The number of Topliss-reactive ketones (excluding diaryl/α,β-unsaturated/α-hetero) is 1. The summed E-state index contributed by atoms with van der Waals surface area (Å²) in [5.41, 5.74) is 5.28. The van der Waals surface area contributed by atoms with E-state index in [0.717, 1.165) is 6.07 Å². The lowest BCUT2D eigenvalue weighted by atomic mass is 9.98. The lowest BCUT2D eigenvalue weighted by molar-refractivity contribution is 0.0966. The summed E-state index contributed by atoms with van der Waals surface area (Å²) in [6.45, 7) is 3.87. The molecule has 1 unspecified atom stereocenters. The molecule has 0 spiro atoms. The molecule has 0 radical (unpaired) electrons. The highest BCUT2D eigenvalue weighted by Crippen LogP contribution is 2.19. The van der Waals surface area contributed by atoms with Gasteiger partial charge in [-0.2, -0.15) is 0 Å². The maximum Gasteiger partial charge on any atom is 0.168 e. The largest absolute Gasteiger partial charge is 0.330 e. The number of carbonyl (C=O) groups excluding carboxylic acids is 1. The number of rotatable bonds is 5. The SMILES string of the molecule is Cc1ccc(F)c(C(=O)CCC(C)CN)c1F. The first kappa shape index (κ1) is 13.8. The minimum Gasteiger partial charge on any atom is -0.330 e. The minimum atomic E-state index is -0.793. The Kier molecular flexibility index (Phi) is 4.75. The molecule has 17 heavy (non-hydrogen) atoms. The van der Waals surface area contributed by atoms with E-state index in [2.05, 4.69) is 0 Å². The summed E-state index contributed by atoms with van der Waals surface area (Å²) >= 11 is 0. The molecule has 2 N–H and O–H groups in total. The third kappa shape index (κ3) is 3.33. The summed E-state index contributed by atoms with van der Waals surface area (Å²) in [5.74, 6) is -1.87. The average Bonchev–Trinajstić information content (AvgIpc) is 2.31. The van der Waals surface area contributed by atoms with Crippen LogP contribution in [-0.4, -0.2) is 12.3 Å². The summed E-state index contributed by atoms with van der Waals surface area (Å²) in [4.78, 5) is 11.7. The van der Waals surface area contributed by atoms with Crippen molar-refractivity contribution in [2.24, 2.45) is 11.7 Å². The van der Waals surface area contributed by atoms with Crippen molar-refractivity contribution in [2.75, 3.05) is 6.54 Å². The number of benzene rings is 1. The van der Waals surface area contributed by atoms with Crippen LogP contribution in [-0.2, 0) is 0 Å². The molecular formula is C13H17F2NO. The zero-order valence-corrected chi connectivity index (χ0v) is 10.1. The van der Waals surface area contributed by atoms with Gasteiger partial charge in [0.05, 0.1) is 5.56 Å². The van der Waals surface area contributed by atoms with E-state index in [0.29, 0.717) is 13.0 Å². The predicted octanol–water partition coefficient (Wildman–Crippen LogP) is 2.83. The first-order chi connectivity index (χ1) is 7.97. The average molecular weight is 241 g/mol. The van der Waals surface area contributed by atoms with Crippen molar-refractivity contribution in [1.82, 2.24) is 0 Å². The van der Waals surface area contributed by atoms with Gasteiger partial charge in [-0.25, -0.2) is 8.78 Å². The van der Waals surface area contributed by atoms with E-state index < -0.39 is 23.0 Å². The second kappa shape index (κ2) is 5.87. The Morgan fingerprint density at radius 2 is 2.06 bits per heavy atom. The van der Waals surface area contributed by atoms with Crippen LogP contribution in [0.4, 0.5) is 8.78 Å². The van der Waals surface area contributed by atoms with Crippen LogP contribution >= 0.6 is 0 Å². The van der Waals surface area contributed by atoms with Gasteiger partial charge < -0.3 is 5.73 Å². The van der Waals surface area contributed by atoms with E-state index in [1.165, 1.54) is 13.0 Å². The molecule has 1 aromatic rings. The van der Waals surface area contributed by atoms with Crippen LogP contribution in [0.25, 0.3) is 0 Å². The van der Waals surface area contributed by atoms with Gasteiger partial charge in [-0.1, -0.05) is 13.0 Å². The Bertz CT molecular complexity index is 418. The van der Waals surface area contributed by atoms with Gasteiger partial charge in [0.15, 0.2) is 5.78 Å². The third-order valence-corrected chi connectivity index (χ3v) is 2.83. The smallest absolute Gasteiger partial charge is 0.168 e. The second-order valence-corrected chi connectivity index (χ2v) is 4.36. The van der Waals surface area contributed by atoms with E-state index in [9.17, 15) is 13.6 Å². The molecule has 1 rings (SSSR count). The Morgan fingerprint density at radius 1 is 1.41 bits per heavy atom. The fourth-order valence-electron chi connectivity index (χ4n) is 1.53. The fourth-order valence-corrected chi connectivity index (χ4v) is 1.53. The number of carbonyl (C=O) groups is 1. The summed E-state index contributed by atoms with van der Waals surface area (Å²) in [7, 11) is 0. The van der Waals surface area contributed by atoms with Crippen LogP contribution in [0.3, 0.4) is 0 Å². The summed E-state index contributed by atoms with van der Waals surface area (Å²) < 4.78 is 27.0. The molecule has 0 fully saturated rings. The standard InChI is InChI=1S/C13H17F2NO/c1-8(7-16)3-6-11(17)12-10(14)5-4-9(2)13(12)15/h4-5,8H,3,6-7,16H2,1-2H3. The Labute approximate surface area is 99.8 Å². The van der Waals surface area contributed by atoms with E-state index in [-0.39, 0.29) is 17.9 Å². The van der Waals surface area contributed by atoms with Crippen LogP contribution in [0.2, 0.25) is 0 Å². The van der Waals surface area contributed by atoms with Crippen molar-refractivity contribution in [1.29, 1.82) is 0 Å². The summed E-state index contributed by atoms with van der Waals surface area (Å²) in [6, 6.07) is 2.45. The van der Waals surface area contributed by atoms with Gasteiger partial charge in [0, 0.05) is 6.42 Å². The van der Waals surface area contributed by atoms with Crippen molar-refractivity contribution in [2.45, 2.75) is 26.7 Å². The van der Waals surface area contributed by atoms with Gasteiger partial charge in [-0.15, -0.1) is 0 Å². The van der Waals surface area contributed by atoms with Crippen LogP contribution in [0.5, 0.6) is 0 Å². The molecule has 94 valence electrons. The van der Waals surface area contributed by atoms with Crippen LogP contribution < -0.4 is 5.73 Å². The zero-order chi connectivity index (χ0) is 13.0. The summed E-state index contributed by atoms with van der Waals surface area (Å²) in [6.07, 6.45) is 0.664. The highest BCUT2D eigenvalue weighted by molar-refractivity contribution is 5.96. The van der Waals surface area contributed by atoms with E-state index in [1.54, 1.807) is 0 Å². The molecular weight excluding hydrogens is 224 g/mol. The molecule has 0 saturated heterocycles. The van der Waals surface area contributed by atoms with Gasteiger partial charge >= 0.3 is 0 Å². The molecule has 4 heteroatoms. The molecule has 0 amide bonds. The van der Waals surface area contributed by atoms with Crippen molar-refractivity contribution in [3.05, 3.63) is 34.9 Å². The number of hydrogen-bond acceptors (Lipinski definition) is 2. The number of ketones is 1. The lowest BCUT2D eigenvalue weighted by Gasteiger charge is -2.09. The molecule has 0 saturated carbocycles. The Hall–Kier alpha value is -1.29. The second-order valence-electron chi connectivity index (χ2n) is 4.36. The predicted molar refractivity (Wildman–Crippen MR) is 62.9 cm³/mol. The molecule has 0 aromatic heterocycles. The zero-order valence-electron chi connectivity index (χ0n) is 10.1. The van der Waals surface area contributed by atoms with E-state index in [4.69, 9.17) is 5.73 Å². The number of nitrogens with two attached hydrogens (primary N) is 1. The molecule has 0 aliphatic heterocycles. The fraction of sp³-hybridized carbons (Fsp3) is 0.462. The Morgan fingerprint density at radius 3 is 2.65 bits per heavy atom. The quantitative estimate of drug-likeness (QED) is 0.805. The van der Waals surface area contributed by atoms with Crippen LogP contribution in [0, 0.1) is 24.5 Å². The maximum atomic E-state index is 13.6. The molecule has 0 aliphatic carbocycles. The highest BCUT2D eigenvalue weighted by atomic mass is 19.1. The number of halogens is 2. The van der Waals surface area contributed by atoms with Crippen molar-refractivity contribution < 1.29 is 13.6 Å². The third-order valence-electron chi connectivity index (χ3n) is 2.83. The molecule has 1 aromatic carbocycles. The first-order valence-corrected chi connectivity index (χ1v) is 5.65. The van der Waals surface area contributed by atoms with Gasteiger partial charge in [0.1, 0.15) is 11.6 Å². The van der Waals surface area contributed by atoms with E-state index in [1.807, 2.05) is 6.92 Å². The van der Waals surface area contributed by atoms with Crippen LogP contribution in [0.1, 0.15) is 35.7 Å². The van der Waals surface area contributed by atoms with Gasteiger partial charge in [0.2, 0.25) is 0 Å².